The monoisotopic (exact) mass is 174 g/mol. The van der Waals surface area contributed by atoms with E-state index in [1.807, 2.05) is 0 Å². The van der Waals surface area contributed by atoms with Crippen LogP contribution in [0.5, 0.6) is 0 Å². The molecular formula is C5H3ClN2OS. The fourth-order valence-corrected chi connectivity index (χ4v) is 0.998. The topological polar surface area (TPSA) is 42.9 Å². The van der Waals surface area contributed by atoms with Gasteiger partial charge in [-0.1, -0.05) is 11.6 Å². The molecule has 1 aromatic rings. The highest BCUT2D eigenvalue weighted by Gasteiger charge is 1.96. The molecule has 0 atom stereocenters. The summed E-state index contributed by atoms with van der Waals surface area (Å²) in [6, 6.07) is 0. The fourth-order valence-electron chi connectivity index (χ4n) is 0.419. The first-order valence-electron chi connectivity index (χ1n) is 2.42. The van der Waals surface area contributed by atoms with Crippen LogP contribution in [-0.4, -0.2) is 15.6 Å². The number of aldehydes is 1. The van der Waals surface area contributed by atoms with E-state index < -0.39 is 0 Å². The maximum Gasteiger partial charge on any atom is 0.180 e. The van der Waals surface area contributed by atoms with Crippen molar-refractivity contribution in [1.82, 2.24) is 9.36 Å². The van der Waals surface area contributed by atoms with Gasteiger partial charge in [-0.3, -0.25) is 4.79 Å². The second kappa shape index (κ2) is 3.43. The standard InChI is InChI=1S/C5H3ClN2OS/c6-2-1-4-7-5(3-9)10-8-4/h1-3H/b2-1+. The van der Waals surface area contributed by atoms with Gasteiger partial charge in [0.25, 0.3) is 0 Å². The van der Waals surface area contributed by atoms with Crippen molar-refractivity contribution in [2.24, 2.45) is 0 Å². The Morgan fingerprint density at radius 3 is 2.90 bits per heavy atom. The number of nitrogens with zero attached hydrogens (tertiary/aromatic N) is 2. The van der Waals surface area contributed by atoms with E-state index in [-0.39, 0.29) is 0 Å². The lowest BCUT2D eigenvalue weighted by atomic mass is 10.6. The number of carbonyl (C=O) groups is 1. The fraction of sp³-hybridized carbons (Fsp3) is 0. The molecular weight excluding hydrogens is 172 g/mol. The Balaban J connectivity index is 2.87. The van der Waals surface area contributed by atoms with E-state index in [0.29, 0.717) is 17.1 Å². The van der Waals surface area contributed by atoms with E-state index in [1.54, 1.807) is 0 Å². The van der Waals surface area contributed by atoms with Crippen molar-refractivity contribution in [1.29, 1.82) is 0 Å². The van der Waals surface area contributed by atoms with Crippen LogP contribution < -0.4 is 0 Å². The van der Waals surface area contributed by atoms with Crippen LogP contribution in [0, 0.1) is 0 Å². The van der Waals surface area contributed by atoms with Crippen molar-refractivity contribution in [3.63, 3.8) is 0 Å². The van der Waals surface area contributed by atoms with Crippen molar-refractivity contribution < 1.29 is 4.79 Å². The number of aromatic nitrogens is 2. The maximum atomic E-state index is 10.1. The average Bonchev–Trinajstić information content (AvgIpc) is 2.37. The highest BCUT2D eigenvalue weighted by molar-refractivity contribution is 7.07. The smallest absolute Gasteiger partial charge is 0.180 e. The van der Waals surface area contributed by atoms with Crippen LogP contribution in [0.25, 0.3) is 6.08 Å². The van der Waals surface area contributed by atoms with Gasteiger partial charge in [-0.2, -0.15) is 4.37 Å². The Hall–Kier alpha value is -0.740. The molecule has 0 radical (unpaired) electrons. The number of carbonyl (C=O) groups excluding carboxylic acids is 1. The minimum atomic E-state index is 0.366. The molecule has 5 heteroatoms. The molecule has 52 valence electrons. The maximum absolute atomic E-state index is 10.1. The van der Waals surface area contributed by atoms with Crippen LogP contribution in [-0.2, 0) is 0 Å². The van der Waals surface area contributed by atoms with E-state index in [4.69, 9.17) is 11.6 Å². The molecule has 3 nitrogen and oxygen atoms in total. The van der Waals surface area contributed by atoms with Gasteiger partial charge < -0.3 is 0 Å². The largest absolute Gasteiger partial charge is 0.295 e. The third kappa shape index (κ3) is 1.62. The molecule has 0 fully saturated rings. The summed E-state index contributed by atoms with van der Waals surface area (Å²) in [6.07, 6.45) is 2.17. The summed E-state index contributed by atoms with van der Waals surface area (Å²) in [5, 5.41) is 0.366. The van der Waals surface area contributed by atoms with Crippen LogP contribution in [0.15, 0.2) is 5.54 Å². The van der Waals surface area contributed by atoms with Crippen molar-refractivity contribution >= 4 is 35.5 Å². The summed E-state index contributed by atoms with van der Waals surface area (Å²) in [6.45, 7) is 0. The summed E-state index contributed by atoms with van der Waals surface area (Å²) in [7, 11) is 0. The molecule has 0 N–H and O–H groups in total. The zero-order valence-electron chi connectivity index (χ0n) is 4.82. The van der Waals surface area contributed by atoms with E-state index in [1.165, 1.54) is 11.6 Å². The second-order valence-electron chi connectivity index (χ2n) is 1.40. The first-order chi connectivity index (χ1) is 4.86. The molecule has 0 aromatic carbocycles. The van der Waals surface area contributed by atoms with Gasteiger partial charge in [-0.05, 0) is 17.6 Å². The van der Waals surface area contributed by atoms with Gasteiger partial charge in [0.2, 0.25) is 0 Å². The van der Waals surface area contributed by atoms with Gasteiger partial charge in [0.05, 0.1) is 0 Å². The summed E-state index contributed by atoms with van der Waals surface area (Å²) in [5.41, 5.74) is 1.30. The second-order valence-corrected chi connectivity index (χ2v) is 2.44. The normalized spacial score (nSPS) is 10.5. The predicted octanol–water partition coefficient (Wildman–Crippen LogP) is 1.56. The minimum Gasteiger partial charge on any atom is -0.295 e. The van der Waals surface area contributed by atoms with Crippen LogP contribution in [0.3, 0.4) is 0 Å². The molecule has 0 saturated heterocycles. The number of hydrogen-bond donors (Lipinski definition) is 0. The van der Waals surface area contributed by atoms with Crippen molar-refractivity contribution in [2.75, 3.05) is 0 Å². The highest BCUT2D eigenvalue weighted by Crippen LogP contribution is 2.03. The van der Waals surface area contributed by atoms with Gasteiger partial charge in [-0.15, -0.1) is 0 Å². The van der Waals surface area contributed by atoms with Crippen LogP contribution in [0.1, 0.15) is 15.6 Å². The molecule has 10 heavy (non-hydrogen) atoms. The van der Waals surface area contributed by atoms with Crippen molar-refractivity contribution in [2.45, 2.75) is 0 Å². The van der Waals surface area contributed by atoms with E-state index >= 15 is 0 Å². The number of hydrogen-bond acceptors (Lipinski definition) is 4. The molecule has 0 aliphatic heterocycles. The molecule has 0 spiro atoms. The summed E-state index contributed by atoms with van der Waals surface area (Å²) in [4.78, 5) is 13.9. The first-order valence-corrected chi connectivity index (χ1v) is 3.63. The highest BCUT2D eigenvalue weighted by atomic mass is 35.5. The molecule has 1 aromatic heterocycles. The van der Waals surface area contributed by atoms with Gasteiger partial charge in [0, 0.05) is 5.54 Å². The van der Waals surface area contributed by atoms with Gasteiger partial charge in [-0.25, -0.2) is 4.98 Å². The Morgan fingerprint density at radius 2 is 2.40 bits per heavy atom. The third-order valence-corrected chi connectivity index (χ3v) is 1.55. The molecule has 0 saturated carbocycles. The van der Waals surface area contributed by atoms with E-state index in [0.717, 1.165) is 11.5 Å². The number of rotatable bonds is 2. The molecule has 0 bridgehead atoms. The summed E-state index contributed by atoms with van der Waals surface area (Å²) < 4.78 is 3.80. The lowest BCUT2D eigenvalue weighted by Gasteiger charge is -1.72. The van der Waals surface area contributed by atoms with E-state index in [9.17, 15) is 4.79 Å². The average molecular weight is 175 g/mol. The third-order valence-electron chi connectivity index (χ3n) is 0.770. The minimum absolute atomic E-state index is 0.366. The lowest BCUT2D eigenvalue weighted by Crippen LogP contribution is -1.76. The SMILES string of the molecule is O=Cc1nc(/C=C/Cl)ns1. The first kappa shape index (κ1) is 7.37. The zero-order chi connectivity index (χ0) is 7.40. The Labute approximate surface area is 66.5 Å². The van der Waals surface area contributed by atoms with E-state index in [2.05, 4.69) is 9.36 Å². The lowest BCUT2D eigenvalue weighted by molar-refractivity contribution is 0.112. The zero-order valence-corrected chi connectivity index (χ0v) is 6.39. The van der Waals surface area contributed by atoms with Gasteiger partial charge in [0.1, 0.15) is 0 Å². The molecule has 0 aliphatic rings. The van der Waals surface area contributed by atoms with Crippen molar-refractivity contribution in [3.8, 4) is 0 Å². The Kier molecular flexibility index (Phi) is 2.53. The number of halogens is 1. The van der Waals surface area contributed by atoms with Gasteiger partial charge in [0.15, 0.2) is 17.1 Å². The Morgan fingerprint density at radius 1 is 1.60 bits per heavy atom. The van der Waals surface area contributed by atoms with Gasteiger partial charge >= 0.3 is 0 Å². The molecule has 1 heterocycles. The molecule has 0 amide bonds. The predicted molar refractivity (Wildman–Crippen MR) is 40.2 cm³/mol. The van der Waals surface area contributed by atoms with Crippen LogP contribution in [0.2, 0.25) is 0 Å². The summed E-state index contributed by atoms with van der Waals surface area (Å²) >= 11 is 6.29. The molecule has 0 aliphatic carbocycles. The molecule has 0 unspecified atom stereocenters. The van der Waals surface area contributed by atoms with Crippen LogP contribution >= 0.6 is 23.1 Å². The quantitative estimate of drug-likeness (QED) is 0.639. The Bertz CT molecular complexity index is 258. The van der Waals surface area contributed by atoms with Crippen molar-refractivity contribution in [3.05, 3.63) is 16.4 Å². The summed E-state index contributed by atoms with van der Waals surface area (Å²) in [5.74, 6) is 0.474. The molecule has 1 rings (SSSR count). The van der Waals surface area contributed by atoms with Crippen LogP contribution in [0.4, 0.5) is 0 Å².